The third-order valence-corrected chi connectivity index (χ3v) is 6.05. The van der Waals surface area contributed by atoms with Crippen LogP contribution in [0.15, 0.2) is 60.7 Å². The number of methoxy groups -OCH3 is 2. The highest BCUT2D eigenvalue weighted by molar-refractivity contribution is 5.98. The minimum Gasteiger partial charge on any atom is -0.493 e. The number of hydrogen-bond acceptors (Lipinski definition) is 8. The Morgan fingerprint density at radius 3 is 2.28 bits per heavy atom. The van der Waals surface area contributed by atoms with Gasteiger partial charge in [0.1, 0.15) is 17.9 Å². The average molecular weight is 493 g/mol. The zero-order valence-electron chi connectivity index (χ0n) is 19.6. The second-order valence-corrected chi connectivity index (χ2v) is 8.01. The molecule has 1 aliphatic heterocycles. The molecule has 0 radical (unpaired) electrons. The Hall–Kier alpha value is -4.67. The summed E-state index contributed by atoms with van der Waals surface area (Å²) in [6, 6.07) is 14.4. The molecule has 36 heavy (non-hydrogen) atoms. The molecule has 1 atom stereocenters. The zero-order valence-corrected chi connectivity index (χ0v) is 19.6. The summed E-state index contributed by atoms with van der Waals surface area (Å²) in [5.74, 6) is 0.896. The van der Waals surface area contributed by atoms with Gasteiger partial charge in [-0.15, -0.1) is 0 Å². The molecular formula is C25H23N3O8. The van der Waals surface area contributed by atoms with Crippen LogP contribution in [0, 0.1) is 20.2 Å². The molecule has 0 aromatic heterocycles. The Labute approximate surface area is 206 Å². The largest absolute Gasteiger partial charge is 0.493 e. The Bertz CT molecular complexity index is 1310. The summed E-state index contributed by atoms with van der Waals surface area (Å²) < 4.78 is 16.8. The first-order chi connectivity index (χ1) is 17.3. The molecule has 0 saturated heterocycles. The minimum absolute atomic E-state index is 0.00661. The lowest BCUT2D eigenvalue weighted by atomic mass is 9.91. The number of nitro groups is 2. The summed E-state index contributed by atoms with van der Waals surface area (Å²) in [7, 11) is 3.04. The van der Waals surface area contributed by atoms with Gasteiger partial charge in [-0.3, -0.25) is 25.0 Å². The second kappa shape index (κ2) is 10.3. The van der Waals surface area contributed by atoms with Gasteiger partial charge in [0.25, 0.3) is 17.3 Å². The average Bonchev–Trinajstić information content (AvgIpc) is 2.90. The highest BCUT2D eigenvalue weighted by atomic mass is 16.6. The molecule has 11 nitrogen and oxygen atoms in total. The van der Waals surface area contributed by atoms with Crippen LogP contribution in [0.1, 0.15) is 27.5 Å². The van der Waals surface area contributed by atoms with Gasteiger partial charge < -0.3 is 19.1 Å². The van der Waals surface area contributed by atoms with E-state index in [0.717, 1.165) is 11.1 Å². The molecule has 0 saturated carbocycles. The van der Waals surface area contributed by atoms with Gasteiger partial charge in [-0.25, -0.2) is 0 Å². The number of nitro benzene ring substituents is 2. The van der Waals surface area contributed by atoms with Gasteiger partial charge in [-0.1, -0.05) is 12.1 Å². The number of para-hydroxylation sites is 1. The maximum Gasteiger partial charge on any atom is 0.282 e. The number of nitrogens with zero attached hydrogens (tertiary/aromatic N) is 3. The third-order valence-electron chi connectivity index (χ3n) is 6.05. The molecule has 186 valence electrons. The summed E-state index contributed by atoms with van der Waals surface area (Å²) in [6.07, 6.45) is 0.496. The van der Waals surface area contributed by atoms with E-state index < -0.39 is 21.8 Å². The number of ether oxygens (including phenoxy) is 3. The fourth-order valence-electron chi connectivity index (χ4n) is 4.26. The van der Waals surface area contributed by atoms with E-state index in [2.05, 4.69) is 0 Å². The van der Waals surface area contributed by atoms with Crippen molar-refractivity contribution in [3.8, 4) is 17.2 Å². The highest BCUT2D eigenvalue weighted by Crippen LogP contribution is 2.39. The molecule has 3 aromatic carbocycles. The first-order valence-electron chi connectivity index (χ1n) is 11.0. The first-order valence-corrected chi connectivity index (χ1v) is 11.0. The lowest BCUT2D eigenvalue weighted by Gasteiger charge is -2.37. The van der Waals surface area contributed by atoms with Crippen LogP contribution in [0.25, 0.3) is 0 Å². The summed E-state index contributed by atoms with van der Waals surface area (Å²) in [5, 5.41) is 22.5. The Morgan fingerprint density at radius 1 is 0.972 bits per heavy atom. The lowest BCUT2D eigenvalue weighted by molar-refractivity contribution is -0.385. The van der Waals surface area contributed by atoms with Crippen molar-refractivity contribution in [2.45, 2.75) is 12.5 Å². The number of amides is 1. The van der Waals surface area contributed by atoms with E-state index in [-0.39, 0.29) is 23.5 Å². The summed E-state index contributed by atoms with van der Waals surface area (Å²) in [5.41, 5.74) is 1.31. The second-order valence-electron chi connectivity index (χ2n) is 8.01. The molecule has 4 rings (SSSR count). The number of non-ortho nitro benzene ring substituents is 1. The van der Waals surface area contributed by atoms with Crippen LogP contribution in [0.3, 0.4) is 0 Å². The van der Waals surface area contributed by atoms with E-state index in [1.807, 2.05) is 6.07 Å². The molecule has 3 aromatic rings. The van der Waals surface area contributed by atoms with E-state index in [0.29, 0.717) is 30.2 Å². The van der Waals surface area contributed by atoms with Gasteiger partial charge >= 0.3 is 0 Å². The van der Waals surface area contributed by atoms with Crippen LogP contribution < -0.4 is 14.2 Å². The zero-order chi connectivity index (χ0) is 25.8. The number of hydrogen-bond donors (Lipinski definition) is 0. The molecule has 0 spiro atoms. The fraction of sp³-hybridized carbons (Fsp3) is 0.240. The molecule has 0 N–H and O–H groups in total. The van der Waals surface area contributed by atoms with Crippen molar-refractivity contribution in [1.82, 2.24) is 4.90 Å². The normalized spacial score (nSPS) is 14.5. The number of carbonyl (C=O) groups excluding carboxylic acids is 1. The van der Waals surface area contributed by atoms with Crippen LogP contribution in [0.2, 0.25) is 0 Å². The van der Waals surface area contributed by atoms with E-state index in [4.69, 9.17) is 14.2 Å². The van der Waals surface area contributed by atoms with Crippen molar-refractivity contribution in [3.63, 3.8) is 0 Å². The van der Waals surface area contributed by atoms with Crippen molar-refractivity contribution in [2.75, 3.05) is 27.4 Å². The van der Waals surface area contributed by atoms with Crippen molar-refractivity contribution in [2.24, 2.45) is 0 Å². The fourth-order valence-corrected chi connectivity index (χ4v) is 4.26. The molecule has 0 aliphatic carbocycles. The monoisotopic (exact) mass is 493 g/mol. The number of benzene rings is 3. The van der Waals surface area contributed by atoms with Crippen LogP contribution in [-0.2, 0) is 6.42 Å². The van der Waals surface area contributed by atoms with E-state index >= 15 is 0 Å². The van der Waals surface area contributed by atoms with Gasteiger partial charge in [-0.2, -0.15) is 0 Å². The molecule has 1 aliphatic rings. The van der Waals surface area contributed by atoms with Gasteiger partial charge in [0.15, 0.2) is 11.5 Å². The molecule has 11 heteroatoms. The van der Waals surface area contributed by atoms with E-state index in [1.165, 1.54) is 56.7 Å². The maximum atomic E-state index is 13.6. The molecule has 1 heterocycles. The predicted molar refractivity (Wildman–Crippen MR) is 129 cm³/mol. The van der Waals surface area contributed by atoms with E-state index in [9.17, 15) is 25.0 Å². The van der Waals surface area contributed by atoms with Crippen LogP contribution in [-0.4, -0.2) is 48.0 Å². The number of carbonyl (C=O) groups is 1. The third kappa shape index (κ3) is 4.76. The topological polar surface area (TPSA) is 134 Å². The van der Waals surface area contributed by atoms with Gasteiger partial charge in [-0.05, 0) is 47.9 Å². The number of fused-ring (bicyclic) bond motifs is 1. The Kier molecular flexibility index (Phi) is 7.00. The standard InChI is InChI=1S/C25H23N3O8/c1-34-23-13-16-11-12-26(25(29)19-5-3-4-6-21(19)28(32)33)22(20(16)14-24(23)35-2)15-36-18-9-7-17(8-10-18)27(30)31/h3-10,13-14,22H,11-12,15H2,1-2H3/t22-/m1/s1. The van der Waals surface area contributed by atoms with E-state index in [1.54, 1.807) is 17.0 Å². The van der Waals surface area contributed by atoms with Crippen molar-refractivity contribution in [3.05, 3.63) is 97.6 Å². The smallest absolute Gasteiger partial charge is 0.282 e. The molecule has 0 bridgehead atoms. The molecule has 0 fully saturated rings. The van der Waals surface area contributed by atoms with Crippen molar-refractivity contribution in [1.29, 1.82) is 0 Å². The first kappa shape index (κ1) is 24.5. The summed E-state index contributed by atoms with van der Waals surface area (Å²) in [6.45, 7) is 0.300. The molecule has 0 unspecified atom stereocenters. The highest BCUT2D eigenvalue weighted by Gasteiger charge is 2.35. The lowest BCUT2D eigenvalue weighted by Crippen LogP contribution is -2.42. The quantitative estimate of drug-likeness (QED) is 0.334. The number of rotatable bonds is 8. The predicted octanol–water partition coefficient (Wildman–Crippen LogP) is 4.34. The van der Waals surface area contributed by atoms with Crippen LogP contribution in [0.5, 0.6) is 17.2 Å². The summed E-state index contributed by atoms with van der Waals surface area (Å²) >= 11 is 0. The molecular weight excluding hydrogens is 470 g/mol. The van der Waals surface area contributed by atoms with Crippen LogP contribution >= 0.6 is 0 Å². The van der Waals surface area contributed by atoms with Gasteiger partial charge in [0, 0.05) is 24.7 Å². The summed E-state index contributed by atoms with van der Waals surface area (Å²) in [4.78, 5) is 36.6. The Morgan fingerprint density at radius 2 is 1.64 bits per heavy atom. The van der Waals surface area contributed by atoms with Gasteiger partial charge in [0.05, 0.1) is 30.1 Å². The van der Waals surface area contributed by atoms with Crippen molar-refractivity contribution < 1.29 is 28.9 Å². The van der Waals surface area contributed by atoms with Crippen LogP contribution in [0.4, 0.5) is 11.4 Å². The van der Waals surface area contributed by atoms with Crippen molar-refractivity contribution >= 4 is 17.3 Å². The molecule has 1 amide bonds. The maximum absolute atomic E-state index is 13.6. The minimum atomic E-state index is -0.615. The SMILES string of the molecule is COc1cc2c(cc1OC)[C@@H](COc1ccc([N+](=O)[O-])cc1)N(C(=O)c1ccccc1[N+](=O)[O-])CC2. The Balaban J connectivity index is 1.72. The van der Waals surface area contributed by atoms with Gasteiger partial charge in [0.2, 0.25) is 0 Å².